The first-order valence-electron chi connectivity index (χ1n) is 8.20. The Balaban J connectivity index is 1.65. The van der Waals surface area contributed by atoms with Crippen molar-refractivity contribution in [3.63, 3.8) is 0 Å². The Kier molecular flexibility index (Phi) is 5.69. The highest BCUT2D eigenvalue weighted by Gasteiger charge is 2.20. The van der Waals surface area contributed by atoms with Gasteiger partial charge in [-0.1, -0.05) is 0 Å². The fourth-order valence-electron chi connectivity index (χ4n) is 2.49. The van der Waals surface area contributed by atoms with Crippen LogP contribution in [0.5, 0.6) is 17.2 Å². The van der Waals surface area contributed by atoms with Crippen molar-refractivity contribution in [2.45, 2.75) is 0 Å². The number of benzene rings is 2. The van der Waals surface area contributed by atoms with Crippen molar-refractivity contribution in [3.05, 3.63) is 48.0 Å². The topological polar surface area (TPSA) is 107 Å². The molecule has 0 aromatic heterocycles. The second kappa shape index (κ2) is 8.17. The standard InChI is InChI=1S/C18H19N3O6S/c1-25-15-6-4-14(5-7-15)21(28(2,23)24)11-18(22)20-19-10-13-3-8-16-17(9-13)27-12-26-16/h3-10H,11-12H2,1-2H3,(H,20,22)/b19-10-. The van der Waals surface area contributed by atoms with E-state index in [0.717, 1.165) is 10.6 Å². The monoisotopic (exact) mass is 405 g/mol. The number of nitrogens with zero attached hydrogens (tertiary/aromatic N) is 2. The normalized spacial score (nSPS) is 12.8. The number of hydrogen-bond donors (Lipinski definition) is 1. The predicted octanol–water partition coefficient (Wildman–Crippen LogP) is 1.34. The zero-order valence-corrected chi connectivity index (χ0v) is 16.1. The lowest BCUT2D eigenvalue weighted by molar-refractivity contribution is -0.119. The van der Waals surface area contributed by atoms with Crippen molar-refractivity contribution in [2.24, 2.45) is 5.10 Å². The molecule has 1 amide bonds. The summed E-state index contributed by atoms with van der Waals surface area (Å²) >= 11 is 0. The molecule has 0 bridgehead atoms. The molecule has 1 heterocycles. The number of nitrogens with one attached hydrogen (secondary N) is 1. The third kappa shape index (κ3) is 4.71. The van der Waals surface area contributed by atoms with Gasteiger partial charge in [0, 0.05) is 0 Å². The summed E-state index contributed by atoms with van der Waals surface area (Å²) in [6.45, 7) is -0.247. The minimum absolute atomic E-state index is 0.166. The van der Waals surface area contributed by atoms with E-state index in [1.807, 2.05) is 0 Å². The van der Waals surface area contributed by atoms with Crippen molar-refractivity contribution in [3.8, 4) is 17.2 Å². The maximum absolute atomic E-state index is 12.2. The Bertz CT molecular complexity index is 989. The van der Waals surface area contributed by atoms with Crippen LogP contribution in [0.25, 0.3) is 0 Å². The van der Waals surface area contributed by atoms with Gasteiger partial charge in [-0.15, -0.1) is 0 Å². The molecular weight excluding hydrogens is 386 g/mol. The van der Waals surface area contributed by atoms with Gasteiger partial charge in [0.05, 0.1) is 25.3 Å². The molecular formula is C18H19N3O6S. The molecule has 1 N–H and O–H groups in total. The molecule has 0 saturated carbocycles. The highest BCUT2D eigenvalue weighted by molar-refractivity contribution is 7.92. The molecule has 2 aromatic carbocycles. The van der Waals surface area contributed by atoms with Crippen LogP contribution >= 0.6 is 0 Å². The molecule has 148 valence electrons. The molecule has 10 heteroatoms. The summed E-state index contributed by atoms with van der Waals surface area (Å²) in [5.41, 5.74) is 3.36. The van der Waals surface area contributed by atoms with Gasteiger partial charge >= 0.3 is 0 Å². The minimum Gasteiger partial charge on any atom is -0.497 e. The van der Waals surface area contributed by atoms with E-state index < -0.39 is 22.5 Å². The first-order chi connectivity index (χ1) is 13.4. The largest absolute Gasteiger partial charge is 0.497 e. The molecule has 0 fully saturated rings. The molecule has 2 aromatic rings. The summed E-state index contributed by atoms with van der Waals surface area (Å²) < 4.78 is 40.7. The van der Waals surface area contributed by atoms with Crippen molar-refractivity contribution >= 4 is 27.8 Å². The predicted molar refractivity (Wildman–Crippen MR) is 103 cm³/mol. The maximum atomic E-state index is 12.2. The number of carbonyl (C=O) groups is 1. The summed E-state index contributed by atoms with van der Waals surface area (Å²) in [4.78, 5) is 12.2. The van der Waals surface area contributed by atoms with Crippen molar-refractivity contribution in [1.29, 1.82) is 0 Å². The van der Waals surface area contributed by atoms with E-state index in [1.165, 1.54) is 13.3 Å². The van der Waals surface area contributed by atoms with Gasteiger partial charge in [-0.2, -0.15) is 5.10 Å². The van der Waals surface area contributed by atoms with Crippen LogP contribution in [-0.4, -0.2) is 47.2 Å². The Morgan fingerprint density at radius 1 is 1.21 bits per heavy atom. The van der Waals surface area contributed by atoms with Crippen LogP contribution in [-0.2, 0) is 14.8 Å². The number of hydrazone groups is 1. The summed E-state index contributed by atoms with van der Waals surface area (Å²) in [5, 5.41) is 3.86. The average molecular weight is 405 g/mol. The van der Waals surface area contributed by atoms with Gasteiger partial charge in [0.25, 0.3) is 5.91 Å². The Labute approximate surface area is 162 Å². The highest BCUT2D eigenvalue weighted by atomic mass is 32.2. The van der Waals surface area contributed by atoms with Crippen LogP contribution in [0.1, 0.15) is 5.56 Å². The van der Waals surface area contributed by atoms with E-state index in [0.29, 0.717) is 28.5 Å². The maximum Gasteiger partial charge on any atom is 0.260 e. The zero-order chi connectivity index (χ0) is 20.1. The van der Waals surface area contributed by atoms with Crippen molar-refractivity contribution in [2.75, 3.05) is 31.0 Å². The number of rotatable bonds is 7. The van der Waals surface area contributed by atoms with Gasteiger partial charge in [0.1, 0.15) is 12.3 Å². The summed E-state index contributed by atoms with van der Waals surface area (Å²) in [7, 11) is -2.16. The highest BCUT2D eigenvalue weighted by Crippen LogP contribution is 2.31. The molecule has 1 aliphatic rings. The number of fused-ring (bicyclic) bond motifs is 1. The number of anilines is 1. The van der Waals surface area contributed by atoms with Gasteiger partial charge < -0.3 is 14.2 Å². The van der Waals surface area contributed by atoms with E-state index in [-0.39, 0.29) is 6.79 Å². The number of ether oxygens (including phenoxy) is 3. The van der Waals surface area contributed by atoms with Crippen LogP contribution in [0.4, 0.5) is 5.69 Å². The van der Waals surface area contributed by atoms with Crippen LogP contribution in [0.3, 0.4) is 0 Å². The third-order valence-electron chi connectivity index (χ3n) is 3.85. The van der Waals surface area contributed by atoms with Crippen LogP contribution in [0.2, 0.25) is 0 Å². The average Bonchev–Trinajstić information content (AvgIpc) is 3.13. The molecule has 0 atom stereocenters. The minimum atomic E-state index is -3.67. The smallest absolute Gasteiger partial charge is 0.260 e. The Morgan fingerprint density at radius 2 is 1.93 bits per heavy atom. The fourth-order valence-corrected chi connectivity index (χ4v) is 3.34. The molecule has 28 heavy (non-hydrogen) atoms. The molecule has 0 aliphatic carbocycles. The van der Waals surface area contributed by atoms with Gasteiger partial charge in [0.15, 0.2) is 11.5 Å². The first kappa shape index (κ1) is 19.5. The van der Waals surface area contributed by atoms with E-state index in [4.69, 9.17) is 14.2 Å². The number of methoxy groups -OCH3 is 1. The van der Waals surface area contributed by atoms with E-state index in [2.05, 4.69) is 10.5 Å². The summed E-state index contributed by atoms with van der Waals surface area (Å²) in [6.07, 6.45) is 2.46. The van der Waals surface area contributed by atoms with Crippen LogP contribution < -0.4 is 23.9 Å². The molecule has 0 saturated heterocycles. The second-order valence-electron chi connectivity index (χ2n) is 5.87. The lowest BCUT2D eigenvalue weighted by Gasteiger charge is -2.21. The summed E-state index contributed by atoms with van der Waals surface area (Å²) in [6, 6.07) is 11.6. The van der Waals surface area contributed by atoms with Crippen molar-refractivity contribution < 1.29 is 27.4 Å². The van der Waals surface area contributed by atoms with E-state index in [9.17, 15) is 13.2 Å². The molecule has 9 nitrogen and oxygen atoms in total. The fraction of sp³-hybridized carbons (Fsp3) is 0.222. The Hall–Kier alpha value is -3.27. The zero-order valence-electron chi connectivity index (χ0n) is 15.3. The van der Waals surface area contributed by atoms with Gasteiger partial charge in [-0.05, 0) is 48.0 Å². The van der Waals surface area contributed by atoms with Crippen LogP contribution in [0.15, 0.2) is 47.6 Å². The van der Waals surface area contributed by atoms with Gasteiger partial charge in [0.2, 0.25) is 16.8 Å². The molecule has 3 rings (SSSR count). The van der Waals surface area contributed by atoms with Crippen molar-refractivity contribution in [1.82, 2.24) is 5.43 Å². The molecule has 0 spiro atoms. The number of sulfonamides is 1. The first-order valence-corrected chi connectivity index (χ1v) is 10.0. The lowest BCUT2D eigenvalue weighted by atomic mass is 10.2. The quantitative estimate of drug-likeness (QED) is 0.550. The second-order valence-corrected chi connectivity index (χ2v) is 7.78. The molecule has 0 unspecified atom stereocenters. The van der Waals surface area contributed by atoms with E-state index in [1.54, 1.807) is 42.5 Å². The molecule has 1 aliphatic heterocycles. The number of hydrogen-bond acceptors (Lipinski definition) is 7. The SMILES string of the molecule is COc1ccc(N(CC(=O)N/N=C\c2ccc3c(c2)OCO3)S(C)(=O)=O)cc1. The number of amides is 1. The van der Waals surface area contributed by atoms with E-state index >= 15 is 0 Å². The summed E-state index contributed by atoms with van der Waals surface area (Å²) in [5.74, 6) is 1.23. The Morgan fingerprint density at radius 3 is 2.61 bits per heavy atom. The van der Waals surface area contributed by atoms with Crippen LogP contribution in [0, 0.1) is 0 Å². The molecule has 0 radical (unpaired) electrons. The van der Waals surface area contributed by atoms with Gasteiger partial charge in [-0.3, -0.25) is 9.10 Å². The van der Waals surface area contributed by atoms with Gasteiger partial charge in [-0.25, -0.2) is 13.8 Å². The lowest BCUT2D eigenvalue weighted by Crippen LogP contribution is -2.39. The third-order valence-corrected chi connectivity index (χ3v) is 4.99. The number of carbonyl (C=O) groups excluding carboxylic acids is 1.